The molecule has 3 atom stereocenters. The van der Waals surface area contributed by atoms with Gasteiger partial charge >= 0.3 is 0 Å². The van der Waals surface area contributed by atoms with Crippen molar-refractivity contribution in [2.75, 3.05) is 0 Å². The topological polar surface area (TPSA) is 0 Å². The van der Waals surface area contributed by atoms with Gasteiger partial charge in [-0.3, -0.25) is 0 Å². The highest BCUT2D eigenvalue weighted by Gasteiger charge is 2.30. The molecule has 0 spiro atoms. The summed E-state index contributed by atoms with van der Waals surface area (Å²) in [7, 11) is 0. The summed E-state index contributed by atoms with van der Waals surface area (Å²) < 4.78 is 36.5. The van der Waals surface area contributed by atoms with Gasteiger partial charge in [0, 0.05) is 12.8 Å². The predicted molar refractivity (Wildman–Crippen MR) is 28.2 cm³/mol. The first kappa shape index (κ1) is 6.90. The summed E-state index contributed by atoms with van der Waals surface area (Å²) in [5.41, 5.74) is 0. The smallest absolute Gasteiger partial charge is 0.135 e. The fourth-order valence-corrected chi connectivity index (χ4v) is 0.896. The second kappa shape index (κ2) is 2.58. The number of alkyl halides is 3. The lowest BCUT2D eigenvalue weighted by atomic mass is 9.96. The Hall–Kier alpha value is -0.210. The quantitative estimate of drug-likeness (QED) is 0.479. The van der Waals surface area contributed by atoms with Gasteiger partial charge in [0.05, 0.1) is 0 Å². The first-order valence-corrected chi connectivity index (χ1v) is 2.95. The lowest BCUT2D eigenvalue weighted by Crippen LogP contribution is -2.28. The SMILES string of the molecule is FC1C[CH]C(F)C(F)C1. The molecule has 53 valence electrons. The molecule has 1 saturated carbocycles. The molecule has 0 heterocycles. The number of hydrogen-bond donors (Lipinski definition) is 0. The molecule has 0 amide bonds. The Morgan fingerprint density at radius 1 is 1.22 bits per heavy atom. The highest BCUT2D eigenvalue weighted by Crippen LogP contribution is 2.25. The van der Waals surface area contributed by atoms with Gasteiger partial charge in [-0.25, -0.2) is 13.2 Å². The average Bonchev–Trinajstić information content (AvgIpc) is 1.80. The van der Waals surface area contributed by atoms with E-state index in [0.717, 1.165) is 6.42 Å². The van der Waals surface area contributed by atoms with Crippen LogP contribution in [0.3, 0.4) is 0 Å². The largest absolute Gasteiger partial charge is 0.247 e. The molecule has 0 aromatic carbocycles. The highest BCUT2D eigenvalue weighted by atomic mass is 19.2. The fraction of sp³-hybridized carbons (Fsp3) is 0.833. The van der Waals surface area contributed by atoms with Gasteiger partial charge in [-0.05, 0) is 6.42 Å². The molecular formula is C6H8F3. The average molecular weight is 137 g/mol. The van der Waals surface area contributed by atoms with Crippen LogP contribution in [-0.4, -0.2) is 18.5 Å². The van der Waals surface area contributed by atoms with Crippen LogP contribution in [0.5, 0.6) is 0 Å². The molecule has 3 heteroatoms. The molecule has 0 aliphatic heterocycles. The maximum absolute atomic E-state index is 12.2. The van der Waals surface area contributed by atoms with E-state index in [1.807, 2.05) is 0 Å². The van der Waals surface area contributed by atoms with E-state index < -0.39 is 18.5 Å². The summed E-state index contributed by atoms with van der Waals surface area (Å²) in [5.74, 6) is 0. The van der Waals surface area contributed by atoms with Crippen LogP contribution in [0.25, 0.3) is 0 Å². The molecule has 0 nitrogen and oxygen atoms in total. The van der Waals surface area contributed by atoms with Gasteiger partial charge in [0.15, 0.2) is 0 Å². The number of halogens is 3. The third-order valence-corrected chi connectivity index (χ3v) is 1.44. The summed E-state index contributed by atoms with van der Waals surface area (Å²) in [6.07, 6.45) is -3.50. The minimum absolute atomic E-state index is 0.0571. The van der Waals surface area contributed by atoms with Crippen LogP contribution in [0.1, 0.15) is 12.8 Å². The lowest BCUT2D eigenvalue weighted by Gasteiger charge is -2.21. The normalized spacial score (nSPS) is 45.0. The van der Waals surface area contributed by atoms with E-state index in [4.69, 9.17) is 0 Å². The van der Waals surface area contributed by atoms with Crippen molar-refractivity contribution in [3.8, 4) is 0 Å². The van der Waals surface area contributed by atoms with Crippen molar-refractivity contribution < 1.29 is 13.2 Å². The Balaban J connectivity index is 2.35. The van der Waals surface area contributed by atoms with Crippen LogP contribution in [0.15, 0.2) is 0 Å². The van der Waals surface area contributed by atoms with E-state index in [1.165, 1.54) is 0 Å². The van der Waals surface area contributed by atoms with Gasteiger partial charge < -0.3 is 0 Å². The minimum Gasteiger partial charge on any atom is -0.247 e. The van der Waals surface area contributed by atoms with E-state index in [1.54, 1.807) is 0 Å². The Morgan fingerprint density at radius 3 is 2.33 bits per heavy atom. The lowest BCUT2D eigenvalue weighted by molar-refractivity contribution is 0.108. The summed E-state index contributed by atoms with van der Waals surface area (Å²) >= 11 is 0. The second-order valence-electron chi connectivity index (χ2n) is 2.26. The molecule has 1 aliphatic carbocycles. The monoisotopic (exact) mass is 137 g/mol. The van der Waals surface area contributed by atoms with Crippen molar-refractivity contribution in [1.82, 2.24) is 0 Å². The zero-order valence-electron chi connectivity index (χ0n) is 4.86. The first-order chi connectivity index (χ1) is 4.20. The molecule has 0 bridgehead atoms. The molecule has 1 fully saturated rings. The summed E-state index contributed by atoms with van der Waals surface area (Å²) in [6.45, 7) is 0. The Kier molecular flexibility index (Phi) is 1.98. The molecular weight excluding hydrogens is 129 g/mol. The van der Waals surface area contributed by atoms with Crippen LogP contribution >= 0.6 is 0 Å². The highest BCUT2D eigenvalue weighted by molar-refractivity contribution is 4.91. The van der Waals surface area contributed by atoms with Crippen molar-refractivity contribution >= 4 is 0 Å². The van der Waals surface area contributed by atoms with E-state index in [9.17, 15) is 13.2 Å². The summed E-state index contributed by atoms with van der Waals surface area (Å²) in [5, 5.41) is 0. The maximum Gasteiger partial charge on any atom is 0.135 e. The zero-order chi connectivity index (χ0) is 6.85. The Bertz CT molecular complexity index is 94.3. The zero-order valence-corrected chi connectivity index (χ0v) is 4.86. The van der Waals surface area contributed by atoms with Gasteiger partial charge in [0.25, 0.3) is 0 Å². The fourth-order valence-electron chi connectivity index (χ4n) is 0.896. The molecule has 1 radical (unpaired) electrons. The van der Waals surface area contributed by atoms with E-state index in [-0.39, 0.29) is 12.8 Å². The molecule has 1 rings (SSSR count). The molecule has 0 aromatic heterocycles. The van der Waals surface area contributed by atoms with E-state index in [0.29, 0.717) is 0 Å². The standard InChI is InChI=1S/C6H8F3/c7-4-1-2-5(8)6(9)3-4/h2,4-6H,1,3H2. The number of rotatable bonds is 0. The molecule has 1 aliphatic rings. The van der Waals surface area contributed by atoms with Crippen LogP contribution in [0.2, 0.25) is 0 Å². The van der Waals surface area contributed by atoms with Gasteiger partial charge in [-0.15, -0.1) is 0 Å². The van der Waals surface area contributed by atoms with Crippen molar-refractivity contribution in [3.05, 3.63) is 6.42 Å². The first-order valence-electron chi connectivity index (χ1n) is 2.95. The summed E-state index contributed by atoms with van der Waals surface area (Å²) in [4.78, 5) is 0. The molecule has 9 heavy (non-hydrogen) atoms. The van der Waals surface area contributed by atoms with Crippen molar-refractivity contribution in [2.45, 2.75) is 31.4 Å². The third kappa shape index (κ3) is 1.60. The van der Waals surface area contributed by atoms with Gasteiger partial charge in [0.2, 0.25) is 0 Å². The van der Waals surface area contributed by atoms with Crippen LogP contribution < -0.4 is 0 Å². The Morgan fingerprint density at radius 2 is 1.89 bits per heavy atom. The number of hydrogen-bond acceptors (Lipinski definition) is 0. The molecule has 0 N–H and O–H groups in total. The van der Waals surface area contributed by atoms with Crippen LogP contribution in [0.4, 0.5) is 13.2 Å². The van der Waals surface area contributed by atoms with Gasteiger partial charge in [0.1, 0.15) is 18.5 Å². The molecule has 0 saturated heterocycles. The van der Waals surface area contributed by atoms with Gasteiger partial charge in [-0.1, -0.05) is 0 Å². The van der Waals surface area contributed by atoms with Crippen LogP contribution in [0, 0.1) is 6.42 Å². The molecule has 3 unspecified atom stereocenters. The summed E-state index contributed by atoms with van der Waals surface area (Å²) in [6, 6.07) is 0. The Labute approximate surface area is 52.1 Å². The van der Waals surface area contributed by atoms with E-state index >= 15 is 0 Å². The molecule has 0 aromatic rings. The predicted octanol–water partition coefficient (Wildman–Crippen LogP) is 2.00. The van der Waals surface area contributed by atoms with Crippen molar-refractivity contribution in [1.29, 1.82) is 0 Å². The minimum atomic E-state index is -1.62. The third-order valence-electron chi connectivity index (χ3n) is 1.44. The second-order valence-corrected chi connectivity index (χ2v) is 2.26. The van der Waals surface area contributed by atoms with Crippen molar-refractivity contribution in [2.24, 2.45) is 0 Å². The van der Waals surface area contributed by atoms with Crippen molar-refractivity contribution in [3.63, 3.8) is 0 Å². The maximum atomic E-state index is 12.2. The van der Waals surface area contributed by atoms with Crippen LogP contribution in [-0.2, 0) is 0 Å². The van der Waals surface area contributed by atoms with Gasteiger partial charge in [-0.2, -0.15) is 0 Å². The van der Waals surface area contributed by atoms with E-state index in [2.05, 4.69) is 0 Å².